The second-order valence-electron chi connectivity index (χ2n) is 7.05. The van der Waals surface area contributed by atoms with Crippen LogP contribution in [0.4, 0.5) is 0 Å². The normalized spacial score (nSPS) is 22.6. The van der Waals surface area contributed by atoms with Gasteiger partial charge in [0.05, 0.1) is 6.61 Å². The molecule has 0 radical (unpaired) electrons. The van der Waals surface area contributed by atoms with Crippen LogP contribution in [-0.2, 0) is 14.3 Å². The maximum absolute atomic E-state index is 12.9. The van der Waals surface area contributed by atoms with Gasteiger partial charge in [0.25, 0.3) is 0 Å². The van der Waals surface area contributed by atoms with Gasteiger partial charge in [-0.1, -0.05) is 20.8 Å². The highest BCUT2D eigenvalue weighted by Gasteiger charge is 2.42. The van der Waals surface area contributed by atoms with Crippen molar-refractivity contribution in [2.75, 3.05) is 33.3 Å². The van der Waals surface area contributed by atoms with E-state index in [0.29, 0.717) is 13.2 Å². The summed E-state index contributed by atoms with van der Waals surface area (Å²) in [5.41, 5.74) is -0.443. The van der Waals surface area contributed by atoms with E-state index in [-0.39, 0.29) is 11.9 Å². The Morgan fingerprint density at radius 3 is 2.43 bits per heavy atom. The minimum Gasteiger partial charge on any atom is -0.465 e. The highest BCUT2D eigenvalue weighted by atomic mass is 16.5. The predicted octanol–water partition coefficient (Wildman–Crippen LogP) is 1.76. The van der Waals surface area contributed by atoms with Crippen LogP contribution in [-0.4, -0.2) is 61.0 Å². The number of esters is 1. The molecule has 5 heteroatoms. The number of amides is 1. The van der Waals surface area contributed by atoms with Crippen LogP contribution in [0.3, 0.4) is 0 Å². The summed E-state index contributed by atoms with van der Waals surface area (Å²) in [6.45, 7) is 12.4. The molecule has 0 spiro atoms. The quantitative estimate of drug-likeness (QED) is 0.588. The van der Waals surface area contributed by atoms with E-state index < -0.39 is 17.3 Å². The molecule has 21 heavy (non-hydrogen) atoms. The van der Waals surface area contributed by atoms with E-state index in [1.165, 1.54) is 0 Å². The van der Waals surface area contributed by atoms with E-state index in [1.807, 2.05) is 32.6 Å². The predicted molar refractivity (Wildman–Crippen MR) is 82.9 cm³/mol. The first-order valence-corrected chi connectivity index (χ1v) is 7.84. The minimum atomic E-state index is -0.733. The Bertz CT molecular complexity index is 376. The fraction of sp³-hybridized carbons (Fsp3) is 0.875. The van der Waals surface area contributed by atoms with Gasteiger partial charge in [0.1, 0.15) is 5.92 Å². The van der Waals surface area contributed by atoms with E-state index in [9.17, 15) is 9.59 Å². The van der Waals surface area contributed by atoms with Gasteiger partial charge in [-0.05, 0) is 39.3 Å². The van der Waals surface area contributed by atoms with E-state index >= 15 is 0 Å². The molecule has 0 saturated carbocycles. The van der Waals surface area contributed by atoms with E-state index in [2.05, 4.69) is 11.9 Å². The summed E-state index contributed by atoms with van der Waals surface area (Å²) >= 11 is 0. The molecule has 1 fully saturated rings. The lowest BCUT2D eigenvalue weighted by Gasteiger charge is -2.35. The Morgan fingerprint density at radius 1 is 1.29 bits per heavy atom. The highest BCUT2D eigenvalue weighted by Crippen LogP contribution is 2.30. The SMILES string of the molecule is CCOC(=O)C(C(=O)N1CCCN(C)CC1C)C(C)(C)C. The van der Waals surface area contributed by atoms with Gasteiger partial charge in [0, 0.05) is 19.1 Å². The van der Waals surface area contributed by atoms with Gasteiger partial charge < -0.3 is 14.5 Å². The standard InChI is InChI=1S/C16H30N2O3/c1-7-21-15(20)13(16(3,4)5)14(19)18-10-8-9-17(6)11-12(18)2/h12-13H,7-11H2,1-6H3. The Kier molecular flexibility index (Phi) is 6.20. The summed E-state index contributed by atoms with van der Waals surface area (Å²) in [4.78, 5) is 29.3. The van der Waals surface area contributed by atoms with Crippen LogP contribution in [0.2, 0.25) is 0 Å². The second kappa shape index (κ2) is 7.25. The van der Waals surface area contributed by atoms with Crippen molar-refractivity contribution < 1.29 is 14.3 Å². The van der Waals surface area contributed by atoms with E-state index in [1.54, 1.807) is 6.92 Å². The lowest BCUT2D eigenvalue weighted by Crippen LogP contribution is -2.50. The molecule has 1 heterocycles. The van der Waals surface area contributed by atoms with Crippen LogP contribution < -0.4 is 0 Å². The molecular formula is C16H30N2O3. The van der Waals surface area contributed by atoms with Crippen molar-refractivity contribution in [3.63, 3.8) is 0 Å². The lowest BCUT2D eigenvalue weighted by molar-refractivity contribution is -0.161. The molecule has 1 aliphatic heterocycles. The number of nitrogens with zero attached hydrogens (tertiary/aromatic N) is 2. The molecule has 5 nitrogen and oxygen atoms in total. The van der Waals surface area contributed by atoms with Crippen LogP contribution in [0.5, 0.6) is 0 Å². The zero-order valence-electron chi connectivity index (χ0n) is 14.3. The number of hydrogen-bond donors (Lipinski definition) is 0. The van der Waals surface area contributed by atoms with Gasteiger partial charge in [-0.3, -0.25) is 9.59 Å². The molecule has 1 aliphatic rings. The van der Waals surface area contributed by atoms with Crippen LogP contribution in [0, 0.1) is 11.3 Å². The fourth-order valence-corrected chi connectivity index (χ4v) is 2.92. The first-order chi connectivity index (χ1) is 9.68. The molecule has 122 valence electrons. The molecule has 1 rings (SSSR count). The van der Waals surface area contributed by atoms with Gasteiger partial charge in [-0.15, -0.1) is 0 Å². The van der Waals surface area contributed by atoms with Crippen molar-refractivity contribution in [2.24, 2.45) is 11.3 Å². The zero-order chi connectivity index (χ0) is 16.2. The largest absolute Gasteiger partial charge is 0.465 e. The number of rotatable bonds is 3. The maximum Gasteiger partial charge on any atom is 0.319 e. The number of hydrogen-bond acceptors (Lipinski definition) is 4. The first kappa shape index (κ1) is 18.0. The van der Waals surface area contributed by atoms with Gasteiger partial charge in [0.15, 0.2) is 0 Å². The van der Waals surface area contributed by atoms with Crippen molar-refractivity contribution in [3.8, 4) is 0 Å². The molecule has 1 amide bonds. The van der Waals surface area contributed by atoms with E-state index in [0.717, 1.165) is 19.5 Å². The Labute approximate surface area is 128 Å². The molecule has 0 bridgehead atoms. The van der Waals surface area contributed by atoms with Crippen LogP contribution in [0.1, 0.15) is 41.0 Å². The average Bonchev–Trinajstić information content (AvgIpc) is 2.48. The third kappa shape index (κ3) is 4.70. The third-order valence-corrected chi connectivity index (χ3v) is 3.97. The molecule has 0 aromatic rings. The highest BCUT2D eigenvalue weighted by molar-refractivity contribution is 5.98. The second-order valence-corrected chi connectivity index (χ2v) is 7.05. The number of likely N-dealkylation sites (N-methyl/N-ethyl adjacent to an activating group) is 1. The van der Waals surface area contributed by atoms with Crippen molar-refractivity contribution in [1.29, 1.82) is 0 Å². The van der Waals surface area contributed by atoms with Crippen molar-refractivity contribution in [3.05, 3.63) is 0 Å². The Morgan fingerprint density at radius 2 is 1.90 bits per heavy atom. The van der Waals surface area contributed by atoms with Crippen LogP contribution >= 0.6 is 0 Å². The van der Waals surface area contributed by atoms with Gasteiger partial charge in [0.2, 0.25) is 5.91 Å². The number of ether oxygens (including phenoxy) is 1. The molecule has 1 saturated heterocycles. The van der Waals surface area contributed by atoms with Crippen LogP contribution in [0.15, 0.2) is 0 Å². The average molecular weight is 298 g/mol. The Hall–Kier alpha value is -1.10. The van der Waals surface area contributed by atoms with Gasteiger partial charge in [-0.25, -0.2) is 0 Å². The zero-order valence-corrected chi connectivity index (χ0v) is 14.3. The monoisotopic (exact) mass is 298 g/mol. The summed E-state index contributed by atoms with van der Waals surface area (Å²) in [5.74, 6) is -1.23. The summed E-state index contributed by atoms with van der Waals surface area (Å²) in [6, 6.07) is 0.115. The van der Waals surface area contributed by atoms with Gasteiger partial charge in [-0.2, -0.15) is 0 Å². The van der Waals surface area contributed by atoms with Gasteiger partial charge >= 0.3 is 5.97 Å². The van der Waals surface area contributed by atoms with Crippen molar-refractivity contribution >= 4 is 11.9 Å². The molecule has 0 aliphatic carbocycles. The topological polar surface area (TPSA) is 49.9 Å². The van der Waals surface area contributed by atoms with Crippen molar-refractivity contribution in [1.82, 2.24) is 9.80 Å². The summed E-state index contributed by atoms with van der Waals surface area (Å²) in [5, 5.41) is 0. The Balaban J connectivity index is 2.96. The fourth-order valence-electron chi connectivity index (χ4n) is 2.92. The minimum absolute atomic E-state index is 0.0937. The first-order valence-electron chi connectivity index (χ1n) is 7.84. The molecular weight excluding hydrogens is 268 g/mol. The molecule has 2 unspecified atom stereocenters. The van der Waals surface area contributed by atoms with Crippen molar-refractivity contribution in [2.45, 2.75) is 47.1 Å². The molecule has 0 N–H and O–H groups in total. The summed E-state index contributed by atoms with van der Waals surface area (Å²) in [7, 11) is 2.07. The summed E-state index contributed by atoms with van der Waals surface area (Å²) < 4.78 is 5.13. The van der Waals surface area contributed by atoms with E-state index in [4.69, 9.17) is 4.74 Å². The summed E-state index contributed by atoms with van der Waals surface area (Å²) in [6.07, 6.45) is 0.937. The third-order valence-electron chi connectivity index (χ3n) is 3.97. The molecule has 0 aromatic carbocycles. The molecule has 2 atom stereocenters. The van der Waals surface area contributed by atoms with Crippen LogP contribution in [0.25, 0.3) is 0 Å². The smallest absolute Gasteiger partial charge is 0.319 e. The number of carbonyl (C=O) groups is 2. The number of carbonyl (C=O) groups excluding carboxylic acids is 2. The maximum atomic E-state index is 12.9. The lowest BCUT2D eigenvalue weighted by atomic mass is 9.79. The molecule has 0 aromatic heterocycles.